The second-order valence-corrected chi connectivity index (χ2v) is 4.17. The van der Waals surface area contributed by atoms with Gasteiger partial charge >= 0.3 is 5.97 Å². The number of hydrogen-bond acceptors (Lipinski definition) is 5. The standard InChI is InChI=1S/C9H16N2O2S/c1-10-5-6-11(2)9(10)13-8(12)4-7-14-3/h5-6,9H,4,7H2,1-3H3. The largest absolute Gasteiger partial charge is 0.422 e. The quantitative estimate of drug-likeness (QED) is 0.652. The van der Waals surface area contributed by atoms with E-state index in [1.54, 1.807) is 11.8 Å². The van der Waals surface area contributed by atoms with Crippen LogP contribution in [0.25, 0.3) is 0 Å². The van der Waals surface area contributed by atoms with E-state index in [1.807, 2.05) is 42.6 Å². The van der Waals surface area contributed by atoms with E-state index in [0.717, 1.165) is 5.75 Å². The molecule has 0 saturated carbocycles. The van der Waals surface area contributed by atoms with E-state index in [-0.39, 0.29) is 12.3 Å². The van der Waals surface area contributed by atoms with Gasteiger partial charge in [0.25, 0.3) is 6.35 Å². The van der Waals surface area contributed by atoms with Crippen LogP contribution >= 0.6 is 11.8 Å². The van der Waals surface area contributed by atoms with E-state index in [2.05, 4.69) is 0 Å². The molecule has 1 aliphatic rings. The maximum atomic E-state index is 11.3. The molecule has 4 nitrogen and oxygen atoms in total. The van der Waals surface area contributed by atoms with Gasteiger partial charge in [-0.25, -0.2) is 0 Å². The van der Waals surface area contributed by atoms with Gasteiger partial charge in [0.05, 0.1) is 6.42 Å². The summed E-state index contributed by atoms with van der Waals surface area (Å²) in [6.07, 6.45) is 5.94. The van der Waals surface area contributed by atoms with Crippen LogP contribution in [0.5, 0.6) is 0 Å². The van der Waals surface area contributed by atoms with Gasteiger partial charge in [-0.05, 0) is 6.26 Å². The van der Waals surface area contributed by atoms with Crippen molar-refractivity contribution in [2.75, 3.05) is 26.1 Å². The first kappa shape index (κ1) is 11.2. The van der Waals surface area contributed by atoms with Gasteiger partial charge in [-0.1, -0.05) is 0 Å². The summed E-state index contributed by atoms with van der Waals surface area (Å²) in [5.74, 6) is 0.665. The Morgan fingerprint density at radius 3 is 2.50 bits per heavy atom. The molecule has 0 spiro atoms. The van der Waals surface area contributed by atoms with Gasteiger partial charge in [0.15, 0.2) is 0 Å². The van der Waals surface area contributed by atoms with E-state index in [4.69, 9.17) is 4.74 Å². The number of nitrogens with zero attached hydrogens (tertiary/aromatic N) is 2. The van der Waals surface area contributed by atoms with Crippen molar-refractivity contribution in [1.82, 2.24) is 9.80 Å². The first-order chi connectivity index (χ1) is 6.65. The van der Waals surface area contributed by atoms with Crippen molar-refractivity contribution < 1.29 is 9.53 Å². The molecule has 0 aromatic heterocycles. The summed E-state index contributed by atoms with van der Waals surface area (Å²) in [5, 5.41) is 0. The van der Waals surface area contributed by atoms with Gasteiger partial charge in [-0.15, -0.1) is 0 Å². The van der Waals surface area contributed by atoms with Crippen LogP contribution in [0.15, 0.2) is 12.4 Å². The minimum Gasteiger partial charge on any atom is -0.422 e. The lowest BCUT2D eigenvalue weighted by Gasteiger charge is -2.26. The predicted octanol–water partition coefficient (Wildman–Crippen LogP) is 0.915. The number of carbonyl (C=O) groups excluding carboxylic acids is 1. The first-order valence-electron chi connectivity index (χ1n) is 4.45. The molecule has 0 bridgehead atoms. The monoisotopic (exact) mass is 216 g/mol. The van der Waals surface area contributed by atoms with Crippen LogP contribution in [0.4, 0.5) is 0 Å². The second-order valence-electron chi connectivity index (χ2n) is 3.19. The maximum Gasteiger partial charge on any atom is 0.309 e. The highest BCUT2D eigenvalue weighted by Gasteiger charge is 2.23. The molecular weight excluding hydrogens is 200 g/mol. The Bertz CT molecular complexity index is 221. The average Bonchev–Trinajstić information content (AvgIpc) is 2.46. The van der Waals surface area contributed by atoms with Gasteiger partial charge < -0.3 is 14.5 Å². The molecule has 0 unspecified atom stereocenters. The van der Waals surface area contributed by atoms with E-state index < -0.39 is 0 Å². The molecule has 1 rings (SSSR count). The van der Waals surface area contributed by atoms with Crippen molar-refractivity contribution in [3.05, 3.63) is 12.4 Å². The lowest BCUT2D eigenvalue weighted by Crippen LogP contribution is -2.38. The zero-order valence-corrected chi connectivity index (χ0v) is 9.58. The fourth-order valence-electron chi connectivity index (χ4n) is 1.17. The molecule has 0 radical (unpaired) electrons. The highest BCUT2D eigenvalue weighted by atomic mass is 32.2. The van der Waals surface area contributed by atoms with E-state index in [9.17, 15) is 4.79 Å². The Hall–Kier alpha value is -0.840. The van der Waals surface area contributed by atoms with Crippen molar-refractivity contribution >= 4 is 17.7 Å². The average molecular weight is 216 g/mol. The summed E-state index contributed by atoms with van der Waals surface area (Å²) in [5.41, 5.74) is 0. The molecule has 0 atom stereocenters. The Morgan fingerprint density at radius 2 is 2.00 bits per heavy atom. The Morgan fingerprint density at radius 1 is 1.43 bits per heavy atom. The van der Waals surface area contributed by atoms with Crippen molar-refractivity contribution in [1.29, 1.82) is 0 Å². The van der Waals surface area contributed by atoms with Gasteiger partial charge in [-0.3, -0.25) is 4.79 Å². The van der Waals surface area contributed by atoms with Gasteiger partial charge in [-0.2, -0.15) is 11.8 Å². The van der Waals surface area contributed by atoms with Crippen molar-refractivity contribution in [3.63, 3.8) is 0 Å². The minimum absolute atomic E-state index is 0.147. The molecule has 80 valence electrons. The molecule has 5 heteroatoms. The van der Waals surface area contributed by atoms with Crippen LogP contribution < -0.4 is 0 Å². The molecule has 0 saturated heterocycles. The van der Waals surface area contributed by atoms with E-state index >= 15 is 0 Å². The van der Waals surface area contributed by atoms with Crippen molar-refractivity contribution in [2.24, 2.45) is 0 Å². The number of esters is 1. The number of ether oxygens (including phenoxy) is 1. The predicted molar refractivity (Wildman–Crippen MR) is 57.5 cm³/mol. The summed E-state index contributed by atoms with van der Waals surface area (Å²) in [7, 11) is 3.76. The molecule has 14 heavy (non-hydrogen) atoms. The smallest absolute Gasteiger partial charge is 0.309 e. The van der Waals surface area contributed by atoms with E-state index in [1.165, 1.54) is 0 Å². The summed E-state index contributed by atoms with van der Waals surface area (Å²) in [6, 6.07) is 0. The fourth-order valence-corrected chi connectivity index (χ4v) is 1.54. The molecular formula is C9H16N2O2S. The van der Waals surface area contributed by atoms with Crippen molar-refractivity contribution in [2.45, 2.75) is 12.8 Å². The lowest BCUT2D eigenvalue weighted by atomic mass is 10.5. The Labute approximate surface area is 88.9 Å². The summed E-state index contributed by atoms with van der Waals surface area (Å²) < 4.78 is 5.28. The molecule has 0 aromatic carbocycles. The zero-order chi connectivity index (χ0) is 10.6. The van der Waals surface area contributed by atoms with Gasteiger partial charge in [0.1, 0.15) is 0 Å². The van der Waals surface area contributed by atoms with E-state index in [0.29, 0.717) is 6.42 Å². The summed E-state index contributed by atoms with van der Waals surface area (Å²) in [6.45, 7) is 0. The van der Waals surface area contributed by atoms with Crippen LogP contribution in [-0.4, -0.2) is 48.2 Å². The van der Waals surface area contributed by atoms with Crippen molar-refractivity contribution in [3.8, 4) is 0 Å². The molecule has 0 aromatic rings. The second kappa shape index (κ2) is 5.14. The first-order valence-corrected chi connectivity index (χ1v) is 5.85. The highest BCUT2D eigenvalue weighted by molar-refractivity contribution is 7.98. The van der Waals surface area contributed by atoms with Crippen LogP contribution in [-0.2, 0) is 9.53 Å². The molecule has 1 heterocycles. The third kappa shape index (κ3) is 2.83. The maximum absolute atomic E-state index is 11.3. The summed E-state index contributed by atoms with van der Waals surface area (Å²) in [4.78, 5) is 15.0. The van der Waals surface area contributed by atoms with Crippen LogP contribution in [0.2, 0.25) is 0 Å². The topological polar surface area (TPSA) is 32.8 Å². The minimum atomic E-state index is -0.274. The Balaban J connectivity index is 2.33. The Kier molecular flexibility index (Phi) is 4.13. The zero-order valence-electron chi connectivity index (χ0n) is 8.77. The number of thioether (sulfide) groups is 1. The van der Waals surface area contributed by atoms with Gasteiger partial charge in [0.2, 0.25) is 0 Å². The van der Waals surface area contributed by atoms with Crippen LogP contribution in [0, 0.1) is 0 Å². The summed E-state index contributed by atoms with van der Waals surface area (Å²) >= 11 is 1.65. The molecule has 0 fully saturated rings. The van der Waals surface area contributed by atoms with Crippen LogP contribution in [0.3, 0.4) is 0 Å². The molecule has 0 amide bonds. The van der Waals surface area contributed by atoms with Gasteiger partial charge in [0, 0.05) is 32.2 Å². The third-order valence-corrected chi connectivity index (χ3v) is 2.59. The third-order valence-electron chi connectivity index (χ3n) is 1.98. The molecule has 0 N–H and O–H groups in total. The SMILES string of the molecule is CSCCC(=O)OC1N(C)C=CN1C. The lowest BCUT2D eigenvalue weighted by molar-refractivity contribution is -0.164. The van der Waals surface area contributed by atoms with Crippen LogP contribution in [0.1, 0.15) is 6.42 Å². The molecule has 0 aliphatic carbocycles. The molecule has 1 aliphatic heterocycles. The number of hydrogen-bond donors (Lipinski definition) is 0. The highest BCUT2D eigenvalue weighted by Crippen LogP contribution is 2.13. The normalized spacial score (nSPS) is 16.5. The number of rotatable bonds is 4. The fraction of sp³-hybridized carbons (Fsp3) is 0.667. The number of carbonyl (C=O) groups is 1.